The minimum atomic E-state index is -0.111. The third kappa shape index (κ3) is 5.04. The third-order valence-corrected chi connectivity index (χ3v) is 3.21. The summed E-state index contributed by atoms with van der Waals surface area (Å²) in [4.78, 5) is 11.6. The van der Waals surface area contributed by atoms with Gasteiger partial charge in [0.2, 0.25) is 5.91 Å². The second-order valence-corrected chi connectivity index (χ2v) is 4.79. The second-order valence-electron chi connectivity index (χ2n) is 4.79. The molecule has 0 radical (unpaired) electrons. The van der Waals surface area contributed by atoms with Gasteiger partial charge in [-0.2, -0.15) is 0 Å². The Morgan fingerprint density at radius 2 is 2.24 bits per heavy atom. The van der Waals surface area contributed by atoms with Crippen molar-refractivity contribution in [2.75, 3.05) is 13.2 Å². The summed E-state index contributed by atoms with van der Waals surface area (Å²) in [5.41, 5.74) is 0. The molecule has 0 bridgehead atoms. The van der Waals surface area contributed by atoms with Gasteiger partial charge in [0, 0.05) is 19.2 Å². The average Bonchev–Trinajstić information content (AvgIpc) is 2.30. The number of likely N-dealkylation sites (N-methyl/N-ethyl adjacent to an activating group) is 1. The summed E-state index contributed by atoms with van der Waals surface area (Å²) in [6.07, 6.45) is 4.67. The molecule has 4 heteroatoms. The summed E-state index contributed by atoms with van der Waals surface area (Å²) < 4.78 is 5.70. The molecule has 0 saturated carbocycles. The fraction of sp³-hybridized carbons (Fsp3) is 0.923. The molecule has 1 fully saturated rings. The Morgan fingerprint density at radius 3 is 2.88 bits per heavy atom. The lowest BCUT2D eigenvalue weighted by Crippen LogP contribution is -2.49. The van der Waals surface area contributed by atoms with E-state index in [0.29, 0.717) is 18.7 Å². The molecule has 1 amide bonds. The number of carbonyl (C=O) groups excluding carboxylic acids is 1. The van der Waals surface area contributed by atoms with Crippen molar-refractivity contribution < 1.29 is 9.53 Å². The van der Waals surface area contributed by atoms with Crippen LogP contribution in [0.2, 0.25) is 0 Å². The lowest BCUT2D eigenvalue weighted by atomic mass is 9.99. The average molecular weight is 242 g/mol. The zero-order valence-electron chi connectivity index (χ0n) is 11.3. The van der Waals surface area contributed by atoms with Crippen molar-refractivity contribution in [3.8, 4) is 0 Å². The van der Waals surface area contributed by atoms with E-state index in [-0.39, 0.29) is 11.9 Å². The van der Waals surface area contributed by atoms with Gasteiger partial charge >= 0.3 is 0 Å². The molecule has 1 aliphatic heterocycles. The smallest absolute Gasteiger partial charge is 0.236 e. The highest BCUT2D eigenvalue weighted by atomic mass is 16.5. The molecule has 0 spiro atoms. The number of ether oxygens (including phenoxy) is 1. The Labute approximate surface area is 104 Å². The number of hydrogen-bond donors (Lipinski definition) is 2. The van der Waals surface area contributed by atoms with Crippen LogP contribution in [0, 0.1) is 0 Å². The van der Waals surface area contributed by atoms with Crippen molar-refractivity contribution in [3.63, 3.8) is 0 Å². The van der Waals surface area contributed by atoms with Gasteiger partial charge in [-0.1, -0.05) is 13.3 Å². The van der Waals surface area contributed by atoms with E-state index >= 15 is 0 Å². The van der Waals surface area contributed by atoms with Crippen LogP contribution in [0.5, 0.6) is 0 Å². The Kier molecular flexibility index (Phi) is 6.52. The SMILES string of the molecule is CCCC1CC(NC(C)C(=O)NCC)CCO1. The normalized spacial score (nSPS) is 26.5. The minimum absolute atomic E-state index is 0.0889. The molecule has 17 heavy (non-hydrogen) atoms. The summed E-state index contributed by atoms with van der Waals surface area (Å²) >= 11 is 0. The number of amides is 1. The van der Waals surface area contributed by atoms with E-state index in [4.69, 9.17) is 4.74 Å². The molecule has 2 N–H and O–H groups in total. The van der Waals surface area contributed by atoms with Crippen LogP contribution in [0.15, 0.2) is 0 Å². The van der Waals surface area contributed by atoms with E-state index in [1.165, 1.54) is 0 Å². The Hall–Kier alpha value is -0.610. The molecule has 0 aromatic rings. The fourth-order valence-electron chi connectivity index (χ4n) is 2.31. The Balaban J connectivity index is 2.32. The van der Waals surface area contributed by atoms with E-state index < -0.39 is 0 Å². The van der Waals surface area contributed by atoms with Crippen molar-refractivity contribution in [3.05, 3.63) is 0 Å². The topological polar surface area (TPSA) is 50.4 Å². The van der Waals surface area contributed by atoms with Gasteiger partial charge in [-0.05, 0) is 33.1 Å². The highest BCUT2D eigenvalue weighted by molar-refractivity contribution is 5.81. The first-order valence-corrected chi connectivity index (χ1v) is 6.82. The van der Waals surface area contributed by atoms with Crippen LogP contribution in [0.4, 0.5) is 0 Å². The van der Waals surface area contributed by atoms with Crippen molar-refractivity contribution in [2.24, 2.45) is 0 Å². The van der Waals surface area contributed by atoms with Crippen LogP contribution >= 0.6 is 0 Å². The van der Waals surface area contributed by atoms with Crippen LogP contribution in [0.1, 0.15) is 46.5 Å². The van der Waals surface area contributed by atoms with E-state index in [9.17, 15) is 4.79 Å². The van der Waals surface area contributed by atoms with Crippen LogP contribution in [0.3, 0.4) is 0 Å². The summed E-state index contributed by atoms with van der Waals surface area (Å²) in [5.74, 6) is 0.0889. The molecule has 1 aliphatic rings. The predicted octanol–water partition coefficient (Wildman–Crippen LogP) is 1.45. The first-order valence-electron chi connectivity index (χ1n) is 6.82. The van der Waals surface area contributed by atoms with Gasteiger partial charge < -0.3 is 15.4 Å². The van der Waals surface area contributed by atoms with Crippen LogP contribution in [-0.4, -0.2) is 37.2 Å². The van der Waals surface area contributed by atoms with Crippen molar-refractivity contribution >= 4 is 5.91 Å². The highest BCUT2D eigenvalue weighted by Gasteiger charge is 2.24. The standard InChI is InChI=1S/C13H26N2O2/c1-4-6-12-9-11(7-8-17-12)15-10(3)13(16)14-5-2/h10-12,15H,4-9H2,1-3H3,(H,14,16). The number of rotatable bonds is 6. The van der Waals surface area contributed by atoms with Crippen LogP contribution < -0.4 is 10.6 Å². The summed E-state index contributed by atoms with van der Waals surface area (Å²) in [6.45, 7) is 7.55. The number of carbonyl (C=O) groups is 1. The fourth-order valence-corrected chi connectivity index (χ4v) is 2.31. The molecular weight excluding hydrogens is 216 g/mol. The number of hydrogen-bond acceptors (Lipinski definition) is 3. The van der Waals surface area contributed by atoms with Gasteiger partial charge in [0.05, 0.1) is 12.1 Å². The monoisotopic (exact) mass is 242 g/mol. The highest BCUT2D eigenvalue weighted by Crippen LogP contribution is 2.18. The molecule has 3 unspecified atom stereocenters. The second kappa shape index (κ2) is 7.67. The maximum absolute atomic E-state index is 11.6. The molecule has 1 rings (SSSR count). The van der Waals surface area contributed by atoms with Gasteiger partial charge in [-0.3, -0.25) is 4.79 Å². The maximum atomic E-state index is 11.6. The van der Waals surface area contributed by atoms with E-state index in [1.54, 1.807) is 0 Å². The van der Waals surface area contributed by atoms with Crippen molar-refractivity contribution in [1.29, 1.82) is 0 Å². The summed E-state index contributed by atoms with van der Waals surface area (Å²) in [5, 5.41) is 6.24. The molecule has 0 aromatic heterocycles. The summed E-state index contributed by atoms with van der Waals surface area (Å²) in [6, 6.07) is 0.304. The molecule has 0 aromatic carbocycles. The lowest BCUT2D eigenvalue weighted by molar-refractivity contribution is -0.123. The zero-order valence-corrected chi connectivity index (χ0v) is 11.3. The van der Waals surface area contributed by atoms with E-state index in [0.717, 1.165) is 32.3 Å². The van der Waals surface area contributed by atoms with Gasteiger partial charge in [-0.15, -0.1) is 0 Å². The van der Waals surface area contributed by atoms with Gasteiger partial charge in [0.1, 0.15) is 0 Å². The maximum Gasteiger partial charge on any atom is 0.236 e. The van der Waals surface area contributed by atoms with Crippen molar-refractivity contribution in [1.82, 2.24) is 10.6 Å². The number of nitrogens with one attached hydrogen (secondary N) is 2. The van der Waals surface area contributed by atoms with Gasteiger partial charge in [0.15, 0.2) is 0 Å². The summed E-state index contributed by atoms with van der Waals surface area (Å²) in [7, 11) is 0. The van der Waals surface area contributed by atoms with Crippen LogP contribution in [0.25, 0.3) is 0 Å². The molecule has 1 saturated heterocycles. The van der Waals surface area contributed by atoms with Crippen LogP contribution in [-0.2, 0) is 9.53 Å². The molecule has 0 aliphatic carbocycles. The molecular formula is C13H26N2O2. The minimum Gasteiger partial charge on any atom is -0.378 e. The Morgan fingerprint density at radius 1 is 1.47 bits per heavy atom. The first kappa shape index (κ1) is 14.5. The van der Waals surface area contributed by atoms with Gasteiger partial charge in [0.25, 0.3) is 0 Å². The molecule has 100 valence electrons. The predicted molar refractivity (Wildman–Crippen MR) is 69.0 cm³/mol. The molecule has 4 nitrogen and oxygen atoms in total. The first-order chi connectivity index (χ1) is 8.17. The zero-order chi connectivity index (χ0) is 12.7. The quantitative estimate of drug-likeness (QED) is 0.741. The van der Waals surface area contributed by atoms with E-state index in [2.05, 4.69) is 17.6 Å². The lowest BCUT2D eigenvalue weighted by Gasteiger charge is -2.31. The van der Waals surface area contributed by atoms with Gasteiger partial charge in [-0.25, -0.2) is 0 Å². The van der Waals surface area contributed by atoms with Crippen molar-refractivity contribution in [2.45, 2.75) is 64.6 Å². The molecule has 1 heterocycles. The molecule has 3 atom stereocenters. The largest absolute Gasteiger partial charge is 0.378 e. The van der Waals surface area contributed by atoms with E-state index in [1.807, 2.05) is 13.8 Å². The third-order valence-electron chi connectivity index (χ3n) is 3.21. The Bertz CT molecular complexity index is 231.